The van der Waals surface area contributed by atoms with E-state index >= 15 is 0 Å². The Labute approximate surface area is 387 Å². The fraction of sp³-hybridized carbons (Fsp3) is 0.592. The SMILES string of the molecule is CCn1c(-c2cccnc2[C@H](C)OC)c2c3cc(ccc31)-c1csc(n1)C[C@H](NC(=O)[C@H](C(C)C)N(C)C(=O)N1CCCC3(CN(C)C3)C1)C(=O)N1CCC[C@H](N1)C(=O)OCC(C)(C)C2. The zero-order chi connectivity index (χ0) is 46.4. The molecule has 0 aliphatic carbocycles. The number of aromatic nitrogens is 3. The molecule has 0 unspecified atom stereocenters. The van der Waals surface area contributed by atoms with E-state index in [2.05, 4.69) is 72.3 Å². The summed E-state index contributed by atoms with van der Waals surface area (Å²) in [6.07, 6.45) is 5.34. The highest BCUT2D eigenvalue weighted by molar-refractivity contribution is 7.10. The molecule has 16 heteroatoms. The molecule has 4 amide bonds. The normalized spacial score (nSPS) is 22.3. The van der Waals surface area contributed by atoms with Gasteiger partial charge in [-0.1, -0.05) is 33.8 Å². The van der Waals surface area contributed by atoms with Gasteiger partial charge >= 0.3 is 12.0 Å². The van der Waals surface area contributed by atoms with Crippen LogP contribution in [0, 0.1) is 16.7 Å². The van der Waals surface area contributed by atoms with Crippen molar-refractivity contribution in [3.05, 3.63) is 58.2 Å². The molecule has 0 saturated carbocycles. The lowest BCUT2D eigenvalue weighted by Gasteiger charge is -2.54. The first-order chi connectivity index (χ1) is 31.0. The molecule has 1 spiro atoms. The average Bonchev–Trinajstić information content (AvgIpc) is 3.88. The number of hydrogen-bond acceptors (Lipinski definition) is 11. The number of amides is 4. The van der Waals surface area contributed by atoms with Crippen molar-refractivity contribution in [3.8, 4) is 22.5 Å². The van der Waals surface area contributed by atoms with E-state index in [4.69, 9.17) is 19.4 Å². The smallest absolute Gasteiger partial charge is 0.324 e. The van der Waals surface area contributed by atoms with E-state index in [0.29, 0.717) is 50.4 Å². The molecule has 15 nitrogen and oxygen atoms in total. The number of pyridine rings is 1. The Bertz CT molecular complexity index is 2420. The number of likely N-dealkylation sites (N-methyl/N-ethyl adjacent to an activating group) is 1. The molecule has 4 aliphatic heterocycles. The first-order valence-electron chi connectivity index (χ1n) is 23.3. The lowest BCUT2D eigenvalue weighted by atomic mass is 9.74. The average molecular weight is 910 g/mol. The molecular formula is C49H67N9O6S. The summed E-state index contributed by atoms with van der Waals surface area (Å²) in [7, 11) is 5.49. The van der Waals surface area contributed by atoms with Crippen molar-refractivity contribution in [2.24, 2.45) is 16.7 Å². The second-order valence-electron chi connectivity index (χ2n) is 20.1. The maximum absolute atomic E-state index is 14.7. The molecule has 4 atom stereocenters. The summed E-state index contributed by atoms with van der Waals surface area (Å²) >= 11 is 1.44. The molecule has 8 rings (SSSR count). The number of carbonyl (C=O) groups excluding carboxylic acids is 4. The first kappa shape index (κ1) is 46.6. The number of ether oxygens (including phenoxy) is 2. The van der Waals surface area contributed by atoms with Crippen LogP contribution < -0.4 is 10.7 Å². The number of nitrogens with one attached hydrogen (secondary N) is 2. The summed E-state index contributed by atoms with van der Waals surface area (Å²) in [5.41, 5.74) is 9.55. The van der Waals surface area contributed by atoms with Crippen LogP contribution in [0.5, 0.6) is 0 Å². The molecule has 350 valence electrons. The van der Waals surface area contributed by atoms with Crippen molar-refractivity contribution >= 4 is 46.1 Å². The van der Waals surface area contributed by atoms with Crippen LogP contribution in [0.4, 0.5) is 4.79 Å². The lowest BCUT2D eigenvalue weighted by molar-refractivity contribution is -0.155. The molecule has 3 fully saturated rings. The number of likely N-dealkylation sites (tertiary alicyclic amines) is 2. The fourth-order valence-corrected chi connectivity index (χ4v) is 11.7. The molecule has 2 N–H and O–H groups in total. The van der Waals surface area contributed by atoms with Crippen molar-refractivity contribution in [3.63, 3.8) is 0 Å². The number of fused-ring (bicyclic) bond motifs is 6. The fourth-order valence-electron chi connectivity index (χ4n) is 10.8. The zero-order valence-electron chi connectivity index (χ0n) is 39.6. The van der Waals surface area contributed by atoms with Gasteiger partial charge in [0.15, 0.2) is 0 Å². The molecule has 1 aromatic carbocycles. The Kier molecular flexibility index (Phi) is 13.5. The zero-order valence-corrected chi connectivity index (χ0v) is 40.4. The number of methoxy groups -OCH3 is 1. The van der Waals surface area contributed by atoms with Crippen LogP contribution in [0.1, 0.15) is 89.6 Å². The predicted octanol–water partition coefficient (Wildman–Crippen LogP) is 6.31. The molecule has 65 heavy (non-hydrogen) atoms. The first-order valence-corrected chi connectivity index (χ1v) is 24.2. The number of hydrazine groups is 1. The third-order valence-electron chi connectivity index (χ3n) is 13.9. The molecule has 4 aromatic rings. The number of nitrogens with zero attached hydrogens (tertiary/aromatic N) is 7. The van der Waals surface area contributed by atoms with Gasteiger partial charge in [-0.05, 0) is 88.7 Å². The minimum Gasteiger partial charge on any atom is -0.464 e. The molecule has 3 aromatic heterocycles. The van der Waals surface area contributed by atoms with Gasteiger partial charge in [0.05, 0.1) is 34.8 Å². The number of thiazole rings is 1. The monoisotopic (exact) mass is 909 g/mol. The van der Waals surface area contributed by atoms with Gasteiger partial charge < -0.3 is 34.1 Å². The van der Waals surface area contributed by atoms with Gasteiger partial charge in [-0.25, -0.2) is 15.2 Å². The van der Waals surface area contributed by atoms with Crippen molar-refractivity contribution in [1.29, 1.82) is 0 Å². The van der Waals surface area contributed by atoms with Gasteiger partial charge in [0.1, 0.15) is 18.1 Å². The minimum atomic E-state index is -1.03. The largest absolute Gasteiger partial charge is 0.464 e. The van der Waals surface area contributed by atoms with Gasteiger partial charge in [0.25, 0.3) is 5.91 Å². The van der Waals surface area contributed by atoms with Crippen LogP contribution in [0.3, 0.4) is 0 Å². The highest BCUT2D eigenvalue weighted by Gasteiger charge is 2.46. The Morgan fingerprint density at radius 1 is 1.11 bits per heavy atom. The van der Waals surface area contributed by atoms with E-state index in [9.17, 15) is 19.2 Å². The second-order valence-corrected chi connectivity index (χ2v) is 21.0. The highest BCUT2D eigenvalue weighted by Crippen LogP contribution is 2.42. The molecule has 7 heterocycles. The Hall–Kier alpha value is -4.90. The van der Waals surface area contributed by atoms with Gasteiger partial charge in [0.2, 0.25) is 5.91 Å². The molecular weight excluding hydrogens is 843 g/mol. The van der Waals surface area contributed by atoms with Crippen LogP contribution in [0.15, 0.2) is 41.9 Å². The second kappa shape index (κ2) is 18.8. The Balaban J connectivity index is 1.15. The molecule has 3 saturated heterocycles. The van der Waals surface area contributed by atoms with Gasteiger partial charge in [0, 0.05) is 104 Å². The van der Waals surface area contributed by atoms with Crippen molar-refractivity contribution in [1.82, 2.24) is 45.0 Å². The van der Waals surface area contributed by atoms with E-state index in [1.807, 2.05) is 37.1 Å². The predicted molar refractivity (Wildman–Crippen MR) is 252 cm³/mol. The van der Waals surface area contributed by atoms with E-state index in [1.165, 1.54) is 16.3 Å². The van der Waals surface area contributed by atoms with Crippen molar-refractivity contribution in [2.45, 2.75) is 111 Å². The quantitative estimate of drug-likeness (QED) is 0.193. The van der Waals surface area contributed by atoms with Gasteiger partial charge in [-0.2, -0.15) is 0 Å². The summed E-state index contributed by atoms with van der Waals surface area (Å²) in [4.78, 5) is 72.9. The molecule has 6 bridgehead atoms. The summed E-state index contributed by atoms with van der Waals surface area (Å²) in [5.74, 6) is -1.47. The van der Waals surface area contributed by atoms with Crippen LogP contribution in [0.2, 0.25) is 0 Å². The van der Waals surface area contributed by atoms with Crippen molar-refractivity contribution < 1.29 is 28.7 Å². The summed E-state index contributed by atoms with van der Waals surface area (Å²) in [5, 5.41) is 8.29. The summed E-state index contributed by atoms with van der Waals surface area (Å²) in [6, 6.07) is 7.69. The summed E-state index contributed by atoms with van der Waals surface area (Å²) < 4.78 is 14.3. The van der Waals surface area contributed by atoms with E-state index < -0.39 is 35.4 Å². The number of aryl methyl sites for hydroxylation is 1. The third kappa shape index (κ3) is 9.41. The van der Waals surface area contributed by atoms with E-state index in [1.54, 1.807) is 25.3 Å². The Morgan fingerprint density at radius 2 is 1.89 bits per heavy atom. The highest BCUT2D eigenvalue weighted by atomic mass is 32.1. The van der Waals surface area contributed by atoms with Crippen LogP contribution in [-0.2, 0) is 43.2 Å². The third-order valence-corrected chi connectivity index (χ3v) is 14.8. The standard InChI is InChI=1S/C49H67N9O6S/c1-10-57-39-17-16-32-22-34(39)35(43(57)33-14-11-19-50-41(33)31(4)63-9)24-48(5,6)29-64-46(61)36-15-12-21-58(53-36)45(60)37(23-40-51-38(32)25-65-40)52-44(59)42(30(2)3)55(8)47(62)56-20-13-18-49(28-56)26-54(7)27-49/h11,14,16-17,19,22,25,30-31,36-37,42,53H,10,12-13,15,18,20-21,23-24,26-29H2,1-9H3,(H,52,59)/t31-,36-,37-,42-/m0/s1. The Morgan fingerprint density at radius 3 is 2.62 bits per heavy atom. The van der Waals surface area contributed by atoms with Gasteiger partial charge in [-0.15, -0.1) is 11.3 Å². The van der Waals surface area contributed by atoms with E-state index in [-0.39, 0.29) is 42.4 Å². The van der Waals surface area contributed by atoms with Crippen LogP contribution in [-0.4, -0.2) is 137 Å². The minimum absolute atomic E-state index is 0.104. The number of cyclic esters (lactones) is 1. The number of hydrogen-bond donors (Lipinski definition) is 2. The number of rotatable bonds is 8. The number of piperidine rings is 1. The molecule has 4 aliphatic rings. The van der Waals surface area contributed by atoms with Gasteiger partial charge in [-0.3, -0.25) is 24.4 Å². The molecule has 0 radical (unpaired) electrons. The number of urea groups is 1. The number of carbonyl (C=O) groups is 4. The maximum atomic E-state index is 14.7. The lowest BCUT2D eigenvalue weighted by Crippen LogP contribution is -2.65. The number of benzene rings is 1. The van der Waals surface area contributed by atoms with Crippen LogP contribution in [0.25, 0.3) is 33.4 Å². The maximum Gasteiger partial charge on any atom is 0.324 e. The summed E-state index contributed by atoms with van der Waals surface area (Å²) in [6.45, 7) is 16.7. The van der Waals surface area contributed by atoms with E-state index in [0.717, 1.165) is 70.6 Å². The topological polar surface area (TPSA) is 154 Å². The van der Waals surface area contributed by atoms with Crippen molar-refractivity contribution in [2.75, 3.05) is 60.5 Å². The number of esters is 1. The van der Waals surface area contributed by atoms with Crippen LogP contribution >= 0.6 is 11.3 Å².